The number of hydrogen-bond donors (Lipinski definition) is 1. The first-order valence-electron chi connectivity index (χ1n) is 5.59. The average Bonchev–Trinajstić information content (AvgIpc) is 2.95. The Kier molecular flexibility index (Phi) is 1.88. The van der Waals surface area contributed by atoms with Gasteiger partial charge in [-0.25, -0.2) is 0 Å². The van der Waals surface area contributed by atoms with Crippen molar-refractivity contribution in [3.05, 3.63) is 35.4 Å². The Bertz CT molecular complexity index is 316. The molecule has 0 amide bonds. The Morgan fingerprint density at radius 3 is 2.07 bits per heavy atom. The van der Waals surface area contributed by atoms with E-state index in [9.17, 15) is 5.11 Å². The van der Waals surface area contributed by atoms with Gasteiger partial charge in [-0.15, -0.1) is 0 Å². The zero-order chi connectivity index (χ0) is 9.54. The predicted octanol–water partition coefficient (Wildman–Crippen LogP) is 2.17. The van der Waals surface area contributed by atoms with E-state index >= 15 is 0 Å². The van der Waals surface area contributed by atoms with Gasteiger partial charge in [0.2, 0.25) is 0 Å². The summed E-state index contributed by atoms with van der Waals surface area (Å²) >= 11 is 0. The van der Waals surface area contributed by atoms with Crippen molar-refractivity contribution in [2.24, 2.45) is 11.8 Å². The minimum absolute atomic E-state index is 0.0394. The second-order valence-corrected chi connectivity index (χ2v) is 4.77. The van der Waals surface area contributed by atoms with E-state index in [0.717, 1.165) is 12.8 Å². The molecule has 14 heavy (non-hydrogen) atoms. The Morgan fingerprint density at radius 1 is 1.00 bits per heavy atom. The molecule has 74 valence electrons. The monoisotopic (exact) mass is 188 g/mol. The first-order valence-corrected chi connectivity index (χ1v) is 5.59. The van der Waals surface area contributed by atoms with Crippen LogP contribution in [-0.4, -0.2) is 11.2 Å². The highest BCUT2D eigenvalue weighted by molar-refractivity contribution is 5.32. The van der Waals surface area contributed by atoms with Gasteiger partial charge < -0.3 is 5.11 Å². The topological polar surface area (TPSA) is 20.2 Å². The molecule has 0 heterocycles. The van der Waals surface area contributed by atoms with Crippen LogP contribution in [0.3, 0.4) is 0 Å². The molecule has 0 aliphatic heterocycles. The highest BCUT2D eigenvalue weighted by Crippen LogP contribution is 2.40. The lowest BCUT2D eigenvalue weighted by atomic mass is 9.96. The van der Waals surface area contributed by atoms with E-state index in [2.05, 4.69) is 24.3 Å². The predicted molar refractivity (Wildman–Crippen MR) is 56.1 cm³/mol. The molecule has 3 rings (SSSR count). The fourth-order valence-electron chi connectivity index (χ4n) is 2.66. The summed E-state index contributed by atoms with van der Waals surface area (Å²) in [5.74, 6) is 1.12. The summed E-state index contributed by atoms with van der Waals surface area (Å²) in [5.41, 5.74) is 2.91. The maximum atomic E-state index is 10.1. The van der Waals surface area contributed by atoms with Crippen LogP contribution in [0.4, 0.5) is 0 Å². The van der Waals surface area contributed by atoms with Crippen LogP contribution in [0, 0.1) is 11.8 Å². The van der Waals surface area contributed by atoms with Gasteiger partial charge in [-0.2, -0.15) is 0 Å². The van der Waals surface area contributed by atoms with Crippen molar-refractivity contribution < 1.29 is 5.11 Å². The van der Waals surface area contributed by atoms with Crippen LogP contribution >= 0.6 is 0 Å². The molecule has 0 radical (unpaired) electrons. The van der Waals surface area contributed by atoms with Gasteiger partial charge in [-0.3, -0.25) is 0 Å². The van der Waals surface area contributed by atoms with Crippen LogP contribution in [-0.2, 0) is 12.8 Å². The van der Waals surface area contributed by atoms with Crippen molar-refractivity contribution in [1.29, 1.82) is 0 Å². The number of benzene rings is 1. The first kappa shape index (κ1) is 8.49. The molecular weight excluding hydrogens is 172 g/mol. The molecule has 1 nitrogen and oxygen atoms in total. The van der Waals surface area contributed by atoms with E-state index in [1.165, 1.54) is 24.0 Å². The molecule has 1 fully saturated rings. The fraction of sp³-hybridized carbons (Fsp3) is 0.538. The van der Waals surface area contributed by atoms with Crippen molar-refractivity contribution in [3.8, 4) is 0 Å². The van der Waals surface area contributed by atoms with Crippen LogP contribution in [0.15, 0.2) is 24.3 Å². The largest absolute Gasteiger partial charge is 0.393 e. The second-order valence-electron chi connectivity index (χ2n) is 4.77. The third kappa shape index (κ3) is 1.36. The minimum Gasteiger partial charge on any atom is -0.393 e. The van der Waals surface area contributed by atoms with Gasteiger partial charge in [0.15, 0.2) is 0 Å². The second kappa shape index (κ2) is 3.09. The summed E-state index contributed by atoms with van der Waals surface area (Å²) < 4.78 is 0. The maximum absolute atomic E-state index is 10.1. The standard InChI is InChI=1S/C13H16O/c14-13(9-5-6-9)12-7-10-3-1-2-4-11(10)8-12/h1-4,9,12-14H,5-8H2. The summed E-state index contributed by atoms with van der Waals surface area (Å²) in [5, 5.41) is 10.1. The van der Waals surface area contributed by atoms with Crippen LogP contribution in [0.2, 0.25) is 0 Å². The molecule has 1 unspecified atom stereocenters. The van der Waals surface area contributed by atoms with Gasteiger partial charge in [-0.05, 0) is 48.6 Å². The lowest BCUT2D eigenvalue weighted by molar-refractivity contribution is 0.0911. The Morgan fingerprint density at radius 2 is 1.57 bits per heavy atom. The van der Waals surface area contributed by atoms with E-state index in [0.29, 0.717) is 11.8 Å². The van der Waals surface area contributed by atoms with Crippen molar-refractivity contribution in [2.45, 2.75) is 31.8 Å². The minimum atomic E-state index is -0.0394. The van der Waals surface area contributed by atoms with Gasteiger partial charge in [0.05, 0.1) is 6.10 Å². The van der Waals surface area contributed by atoms with Gasteiger partial charge in [0.25, 0.3) is 0 Å². The van der Waals surface area contributed by atoms with Crippen molar-refractivity contribution in [1.82, 2.24) is 0 Å². The highest BCUT2D eigenvalue weighted by Gasteiger charge is 2.37. The number of aliphatic hydroxyl groups is 1. The van der Waals surface area contributed by atoms with Crippen LogP contribution in [0.1, 0.15) is 24.0 Å². The third-order valence-electron chi connectivity index (χ3n) is 3.67. The van der Waals surface area contributed by atoms with Gasteiger partial charge >= 0.3 is 0 Å². The molecule has 1 saturated carbocycles. The van der Waals surface area contributed by atoms with Crippen molar-refractivity contribution in [3.63, 3.8) is 0 Å². The van der Waals surface area contributed by atoms with E-state index < -0.39 is 0 Å². The lowest BCUT2D eigenvalue weighted by Crippen LogP contribution is -2.22. The van der Waals surface area contributed by atoms with Crippen LogP contribution in [0.25, 0.3) is 0 Å². The van der Waals surface area contributed by atoms with Crippen LogP contribution in [0.5, 0.6) is 0 Å². The van der Waals surface area contributed by atoms with Crippen LogP contribution < -0.4 is 0 Å². The summed E-state index contributed by atoms with van der Waals surface area (Å²) in [6, 6.07) is 8.61. The van der Waals surface area contributed by atoms with E-state index in [1.54, 1.807) is 0 Å². The molecule has 2 aliphatic rings. The van der Waals surface area contributed by atoms with E-state index in [-0.39, 0.29) is 6.10 Å². The smallest absolute Gasteiger partial charge is 0.0602 e. The van der Waals surface area contributed by atoms with E-state index in [1.807, 2.05) is 0 Å². The average molecular weight is 188 g/mol. The number of rotatable bonds is 2. The molecule has 0 bridgehead atoms. The Balaban J connectivity index is 1.77. The quantitative estimate of drug-likeness (QED) is 0.754. The van der Waals surface area contributed by atoms with E-state index in [4.69, 9.17) is 0 Å². The Labute approximate surface area is 84.8 Å². The maximum Gasteiger partial charge on any atom is 0.0602 e. The fourth-order valence-corrected chi connectivity index (χ4v) is 2.66. The molecular formula is C13H16O. The number of hydrogen-bond acceptors (Lipinski definition) is 1. The third-order valence-corrected chi connectivity index (χ3v) is 3.67. The zero-order valence-electron chi connectivity index (χ0n) is 8.32. The SMILES string of the molecule is OC(C1CC1)C1Cc2ccccc2C1. The molecule has 0 saturated heterocycles. The molecule has 1 atom stereocenters. The molecule has 1 N–H and O–H groups in total. The zero-order valence-corrected chi connectivity index (χ0v) is 8.32. The van der Waals surface area contributed by atoms with Gasteiger partial charge in [0.1, 0.15) is 0 Å². The summed E-state index contributed by atoms with van der Waals surface area (Å²) in [7, 11) is 0. The Hall–Kier alpha value is -0.820. The molecule has 0 aromatic heterocycles. The molecule has 2 aliphatic carbocycles. The summed E-state index contributed by atoms with van der Waals surface area (Å²) in [6.07, 6.45) is 4.63. The highest BCUT2D eigenvalue weighted by atomic mass is 16.3. The summed E-state index contributed by atoms with van der Waals surface area (Å²) in [6.45, 7) is 0. The molecule has 1 aromatic carbocycles. The number of fused-ring (bicyclic) bond motifs is 1. The first-order chi connectivity index (χ1) is 6.84. The number of aliphatic hydroxyl groups excluding tert-OH is 1. The van der Waals surface area contributed by atoms with Gasteiger partial charge in [-0.1, -0.05) is 24.3 Å². The van der Waals surface area contributed by atoms with Crippen molar-refractivity contribution >= 4 is 0 Å². The molecule has 0 spiro atoms. The normalized spacial score (nSPS) is 23.5. The molecule has 1 aromatic rings. The molecule has 1 heteroatoms. The van der Waals surface area contributed by atoms with Crippen molar-refractivity contribution in [2.75, 3.05) is 0 Å². The lowest BCUT2D eigenvalue weighted by Gasteiger charge is -2.16. The van der Waals surface area contributed by atoms with Gasteiger partial charge in [0, 0.05) is 0 Å². The summed E-state index contributed by atoms with van der Waals surface area (Å²) in [4.78, 5) is 0.